The van der Waals surface area contributed by atoms with Crippen LogP contribution in [0.15, 0.2) is 29.4 Å². The highest BCUT2D eigenvalue weighted by Crippen LogP contribution is 2.19. The number of hydrogen-bond donors (Lipinski definition) is 3. The van der Waals surface area contributed by atoms with Crippen LogP contribution in [0.25, 0.3) is 10.9 Å². The highest BCUT2D eigenvalue weighted by atomic mass is 127. The summed E-state index contributed by atoms with van der Waals surface area (Å²) in [6.45, 7) is 3.69. The Balaban J connectivity index is 0.00000280. The summed E-state index contributed by atoms with van der Waals surface area (Å²) in [6.07, 6.45) is 4.51. The number of aryl methyl sites for hydroxylation is 1. The van der Waals surface area contributed by atoms with Gasteiger partial charge in [0.1, 0.15) is 0 Å². The maximum atomic E-state index is 11.8. The average Bonchev–Trinajstić information content (AvgIpc) is 3.04. The van der Waals surface area contributed by atoms with Gasteiger partial charge in [-0.15, -0.1) is 24.0 Å². The number of hydrogen-bond acceptors (Lipinski definition) is 3. The van der Waals surface area contributed by atoms with Gasteiger partial charge in [0, 0.05) is 56.6 Å². The molecule has 1 saturated heterocycles. The summed E-state index contributed by atoms with van der Waals surface area (Å²) in [4.78, 5) is 32.5. The van der Waals surface area contributed by atoms with Crippen molar-refractivity contribution in [1.29, 1.82) is 0 Å². The SMILES string of the molecule is CN=C(NCCc1c[nH]c2cc(C)ccc12)NCCN1C(=O)CCCC1=O.I. The lowest BCUT2D eigenvalue weighted by molar-refractivity contribution is -0.147. The van der Waals surface area contributed by atoms with Crippen LogP contribution in [0.4, 0.5) is 0 Å². The van der Waals surface area contributed by atoms with Crippen molar-refractivity contribution in [3.63, 3.8) is 0 Å². The molecule has 8 heteroatoms. The molecule has 7 nitrogen and oxygen atoms in total. The molecule has 3 N–H and O–H groups in total. The van der Waals surface area contributed by atoms with E-state index >= 15 is 0 Å². The molecule has 0 radical (unpaired) electrons. The number of benzene rings is 1. The number of fused-ring (bicyclic) bond motifs is 1. The van der Waals surface area contributed by atoms with Crippen molar-refractivity contribution < 1.29 is 9.59 Å². The standard InChI is InChI=1S/C20H27N5O2.HI/c1-14-6-7-16-15(13-24-17(16)12-14)8-9-22-20(21-2)23-10-11-25-18(26)4-3-5-19(25)27;/h6-7,12-13,24H,3-5,8-11H2,1-2H3,(H2,21,22,23);1H. The Morgan fingerprint density at radius 1 is 1.18 bits per heavy atom. The van der Waals surface area contributed by atoms with Crippen LogP contribution in [0.2, 0.25) is 0 Å². The summed E-state index contributed by atoms with van der Waals surface area (Å²) in [5.74, 6) is 0.513. The average molecular weight is 497 g/mol. The number of amides is 2. The highest BCUT2D eigenvalue weighted by molar-refractivity contribution is 14.0. The normalized spacial score (nSPS) is 14.9. The van der Waals surface area contributed by atoms with E-state index in [-0.39, 0.29) is 35.8 Å². The van der Waals surface area contributed by atoms with Gasteiger partial charge in [-0.1, -0.05) is 12.1 Å². The van der Waals surface area contributed by atoms with Crippen LogP contribution in [0.1, 0.15) is 30.4 Å². The number of halogens is 1. The number of guanidine groups is 1. The summed E-state index contributed by atoms with van der Waals surface area (Å²) >= 11 is 0. The van der Waals surface area contributed by atoms with Crippen LogP contribution in [-0.4, -0.2) is 54.3 Å². The number of rotatable bonds is 6. The van der Waals surface area contributed by atoms with Gasteiger partial charge in [0.15, 0.2) is 5.96 Å². The van der Waals surface area contributed by atoms with Crippen molar-refractivity contribution in [2.75, 3.05) is 26.7 Å². The summed E-state index contributed by atoms with van der Waals surface area (Å²) in [5.41, 5.74) is 3.66. The second-order valence-corrected chi connectivity index (χ2v) is 6.83. The number of carbonyl (C=O) groups excluding carboxylic acids is 2. The van der Waals surface area contributed by atoms with Crippen molar-refractivity contribution in [3.05, 3.63) is 35.5 Å². The van der Waals surface area contributed by atoms with Crippen molar-refractivity contribution >= 4 is 52.7 Å². The van der Waals surface area contributed by atoms with Crippen molar-refractivity contribution in [1.82, 2.24) is 20.5 Å². The quantitative estimate of drug-likeness (QED) is 0.248. The lowest BCUT2D eigenvalue weighted by Gasteiger charge is -2.25. The summed E-state index contributed by atoms with van der Waals surface area (Å²) in [5, 5.41) is 7.69. The minimum Gasteiger partial charge on any atom is -0.361 e. The fraction of sp³-hybridized carbons (Fsp3) is 0.450. The summed E-state index contributed by atoms with van der Waals surface area (Å²) in [6, 6.07) is 6.42. The molecule has 0 atom stereocenters. The number of carbonyl (C=O) groups is 2. The maximum absolute atomic E-state index is 11.8. The number of piperidine rings is 1. The molecule has 0 aliphatic carbocycles. The van der Waals surface area contributed by atoms with Gasteiger partial charge in [-0.2, -0.15) is 0 Å². The Morgan fingerprint density at radius 3 is 2.61 bits per heavy atom. The number of H-pyrrole nitrogens is 1. The number of imide groups is 1. The van der Waals surface area contributed by atoms with E-state index in [9.17, 15) is 9.59 Å². The second-order valence-electron chi connectivity index (χ2n) is 6.83. The van der Waals surface area contributed by atoms with Crippen LogP contribution in [0.5, 0.6) is 0 Å². The first-order chi connectivity index (χ1) is 13.1. The van der Waals surface area contributed by atoms with Crippen LogP contribution >= 0.6 is 24.0 Å². The number of aromatic amines is 1. The van der Waals surface area contributed by atoms with Gasteiger partial charge in [-0.3, -0.25) is 19.5 Å². The first-order valence-corrected chi connectivity index (χ1v) is 9.43. The Morgan fingerprint density at radius 2 is 1.89 bits per heavy atom. The molecule has 1 aromatic carbocycles. The molecule has 152 valence electrons. The van der Waals surface area contributed by atoms with E-state index in [1.165, 1.54) is 21.4 Å². The molecule has 0 unspecified atom stereocenters. The number of aliphatic imine (C=N–C) groups is 1. The highest BCUT2D eigenvalue weighted by Gasteiger charge is 2.25. The van der Waals surface area contributed by atoms with E-state index in [0.29, 0.717) is 38.3 Å². The van der Waals surface area contributed by atoms with Gasteiger partial charge >= 0.3 is 0 Å². The largest absolute Gasteiger partial charge is 0.361 e. The fourth-order valence-corrected chi connectivity index (χ4v) is 3.38. The van der Waals surface area contributed by atoms with E-state index in [1.807, 2.05) is 0 Å². The smallest absolute Gasteiger partial charge is 0.229 e. The van der Waals surface area contributed by atoms with Gasteiger partial charge in [-0.25, -0.2) is 0 Å². The third-order valence-corrected chi connectivity index (χ3v) is 4.84. The molecule has 28 heavy (non-hydrogen) atoms. The van der Waals surface area contributed by atoms with Crippen molar-refractivity contribution in [2.45, 2.75) is 32.6 Å². The predicted octanol–water partition coefficient (Wildman–Crippen LogP) is 2.34. The monoisotopic (exact) mass is 497 g/mol. The zero-order chi connectivity index (χ0) is 19.2. The van der Waals surface area contributed by atoms with Crippen molar-refractivity contribution in [2.24, 2.45) is 4.99 Å². The van der Waals surface area contributed by atoms with Crippen LogP contribution in [-0.2, 0) is 16.0 Å². The molecule has 3 rings (SSSR count). The van der Waals surface area contributed by atoms with E-state index in [0.717, 1.165) is 18.5 Å². The first kappa shape index (κ1) is 22.2. The summed E-state index contributed by atoms with van der Waals surface area (Å²) < 4.78 is 0. The zero-order valence-corrected chi connectivity index (χ0v) is 18.7. The van der Waals surface area contributed by atoms with E-state index in [2.05, 4.69) is 51.9 Å². The molecule has 2 amide bonds. The molecule has 0 bridgehead atoms. The molecule has 1 aliphatic heterocycles. The fourth-order valence-electron chi connectivity index (χ4n) is 3.38. The molecule has 0 saturated carbocycles. The Kier molecular flexibility index (Phi) is 8.28. The first-order valence-electron chi connectivity index (χ1n) is 9.43. The Labute approximate surface area is 182 Å². The van der Waals surface area contributed by atoms with Crippen molar-refractivity contribution in [3.8, 4) is 0 Å². The Hall–Kier alpha value is -2.10. The third kappa shape index (κ3) is 5.46. The molecular weight excluding hydrogens is 469 g/mol. The number of nitrogens with one attached hydrogen (secondary N) is 3. The van der Waals surface area contributed by atoms with Gasteiger partial charge in [0.2, 0.25) is 11.8 Å². The van der Waals surface area contributed by atoms with Gasteiger partial charge in [-0.05, 0) is 37.0 Å². The summed E-state index contributed by atoms with van der Waals surface area (Å²) in [7, 11) is 1.71. The lowest BCUT2D eigenvalue weighted by atomic mass is 10.1. The van der Waals surface area contributed by atoms with E-state index < -0.39 is 0 Å². The molecule has 0 spiro atoms. The molecular formula is C20H28IN5O2. The number of nitrogens with zero attached hydrogens (tertiary/aromatic N) is 2. The zero-order valence-electron chi connectivity index (χ0n) is 16.4. The predicted molar refractivity (Wildman–Crippen MR) is 122 cm³/mol. The molecule has 1 aromatic heterocycles. The molecule has 2 aromatic rings. The molecule has 2 heterocycles. The molecule has 1 fully saturated rings. The lowest BCUT2D eigenvalue weighted by Crippen LogP contribution is -2.46. The number of aromatic nitrogens is 1. The van der Waals surface area contributed by atoms with E-state index in [1.54, 1.807) is 7.05 Å². The minimum absolute atomic E-state index is 0. The topological polar surface area (TPSA) is 89.6 Å². The van der Waals surface area contributed by atoms with Gasteiger partial charge < -0.3 is 15.6 Å². The van der Waals surface area contributed by atoms with Gasteiger partial charge in [0.25, 0.3) is 0 Å². The maximum Gasteiger partial charge on any atom is 0.229 e. The van der Waals surface area contributed by atoms with Crippen LogP contribution in [0, 0.1) is 6.92 Å². The second kappa shape index (κ2) is 10.4. The van der Waals surface area contributed by atoms with Crippen LogP contribution < -0.4 is 10.6 Å². The third-order valence-electron chi connectivity index (χ3n) is 4.84. The van der Waals surface area contributed by atoms with E-state index in [4.69, 9.17) is 0 Å². The molecule has 1 aliphatic rings. The number of likely N-dealkylation sites (tertiary alicyclic amines) is 1. The van der Waals surface area contributed by atoms with Gasteiger partial charge in [0.05, 0.1) is 0 Å². The van der Waals surface area contributed by atoms with Crippen LogP contribution in [0.3, 0.4) is 0 Å². The Bertz CT molecular complexity index is 845. The minimum atomic E-state index is -0.0782.